The minimum Gasteiger partial charge on any atom is -0.396 e. The number of nitrogens with zero attached hydrogens (tertiary/aromatic N) is 2. The molecule has 0 saturated carbocycles. The summed E-state index contributed by atoms with van der Waals surface area (Å²) in [7, 11) is 0. The Morgan fingerprint density at radius 2 is 1.89 bits per heavy atom. The molecule has 0 aliphatic carbocycles. The second kappa shape index (κ2) is 9.73. The summed E-state index contributed by atoms with van der Waals surface area (Å²) in [6, 6.07) is 16.1. The monoisotopic (exact) mass is 417 g/mol. The quantitative estimate of drug-likeness (QED) is 0.719. The summed E-state index contributed by atoms with van der Waals surface area (Å²) < 4.78 is 0. The molecule has 1 atom stereocenters. The average molecular weight is 418 g/mol. The number of amides is 2. The highest BCUT2D eigenvalue weighted by Gasteiger charge is 2.38. The van der Waals surface area contributed by atoms with Crippen LogP contribution in [0.25, 0.3) is 0 Å². The van der Waals surface area contributed by atoms with Crippen LogP contribution in [0.1, 0.15) is 12.8 Å². The van der Waals surface area contributed by atoms with Gasteiger partial charge in [-0.3, -0.25) is 14.5 Å². The summed E-state index contributed by atoms with van der Waals surface area (Å²) in [5.41, 5.74) is 1.36. The lowest BCUT2D eigenvalue weighted by molar-refractivity contribution is -0.128. The summed E-state index contributed by atoms with van der Waals surface area (Å²) in [5, 5.41) is 12.5. The van der Waals surface area contributed by atoms with Crippen molar-refractivity contribution in [2.75, 3.05) is 18.5 Å². The third-order valence-electron chi connectivity index (χ3n) is 4.04. The molecule has 6 nitrogen and oxygen atoms in total. The first kappa shape index (κ1) is 20.4. The number of nitrogens with one attached hydrogen (secondary N) is 1. The van der Waals surface area contributed by atoms with E-state index in [4.69, 9.17) is 16.7 Å². The molecule has 0 radical (unpaired) electrons. The molecule has 2 aromatic rings. The molecule has 0 spiro atoms. The van der Waals surface area contributed by atoms with E-state index in [9.17, 15) is 9.59 Å². The van der Waals surface area contributed by atoms with Crippen LogP contribution in [0.5, 0.6) is 0 Å². The number of hydrogen-bond acceptors (Lipinski definition) is 5. The number of halogens is 1. The highest BCUT2D eigenvalue weighted by atomic mass is 35.5. The molecule has 2 aromatic carbocycles. The van der Waals surface area contributed by atoms with E-state index in [1.807, 2.05) is 30.3 Å². The van der Waals surface area contributed by atoms with E-state index in [-0.39, 0.29) is 24.8 Å². The maximum absolute atomic E-state index is 12.8. The van der Waals surface area contributed by atoms with Gasteiger partial charge in [-0.05, 0) is 42.8 Å². The van der Waals surface area contributed by atoms with Gasteiger partial charge in [-0.25, -0.2) is 4.99 Å². The number of carbonyl (C=O) groups is 2. The zero-order valence-electron chi connectivity index (χ0n) is 15.0. The van der Waals surface area contributed by atoms with Gasteiger partial charge in [0.1, 0.15) is 5.25 Å². The van der Waals surface area contributed by atoms with Crippen molar-refractivity contribution in [1.29, 1.82) is 0 Å². The Morgan fingerprint density at radius 3 is 2.57 bits per heavy atom. The van der Waals surface area contributed by atoms with Crippen molar-refractivity contribution >= 4 is 51.7 Å². The molecule has 1 aliphatic rings. The van der Waals surface area contributed by atoms with Crippen LogP contribution < -0.4 is 5.32 Å². The topological polar surface area (TPSA) is 82.0 Å². The lowest BCUT2D eigenvalue weighted by Crippen LogP contribution is -2.34. The molecular formula is C20H20ClN3O3S. The number of amidine groups is 1. The Labute approximate surface area is 172 Å². The van der Waals surface area contributed by atoms with E-state index in [1.165, 1.54) is 11.8 Å². The van der Waals surface area contributed by atoms with E-state index in [0.717, 1.165) is 5.69 Å². The number of anilines is 1. The van der Waals surface area contributed by atoms with Crippen molar-refractivity contribution in [3.8, 4) is 0 Å². The summed E-state index contributed by atoms with van der Waals surface area (Å²) in [5.74, 6) is -0.421. The normalized spacial score (nSPS) is 17.9. The zero-order chi connectivity index (χ0) is 19.9. The first-order valence-electron chi connectivity index (χ1n) is 8.85. The van der Waals surface area contributed by atoms with Gasteiger partial charge in [0.25, 0.3) is 0 Å². The van der Waals surface area contributed by atoms with Gasteiger partial charge >= 0.3 is 0 Å². The minimum atomic E-state index is -0.548. The number of aliphatic hydroxyl groups is 1. The summed E-state index contributed by atoms with van der Waals surface area (Å²) in [6.45, 7) is 0.345. The highest BCUT2D eigenvalue weighted by molar-refractivity contribution is 8.15. The van der Waals surface area contributed by atoms with Gasteiger partial charge in [-0.1, -0.05) is 41.6 Å². The van der Waals surface area contributed by atoms with Crippen LogP contribution in [0.3, 0.4) is 0 Å². The SMILES string of the molecule is O=C(C[C@@H]1SC(=Nc2ccccc2)N(CCCO)C1=O)Nc1ccc(Cl)cc1. The number of para-hydroxylation sites is 1. The lowest BCUT2D eigenvalue weighted by Gasteiger charge is -2.15. The molecule has 1 saturated heterocycles. The Bertz CT molecular complexity index is 859. The van der Waals surface area contributed by atoms with Crippen molar-refractivity contribution in [2.24, 2.45) is 4.99 Å². The molecule has 0 unspecified atom stereocenters. The van der Waals surface area contributed by atoms with E-state index >= 15 is 0 Å². The van der Waals surface area contributed by atoms with Crippen molar-refractivity contribution in [2.45, 2.75) is 18.1 Å². The molecule has 0 bridgehead atoms. The summed E-state index contributed by atoms with van der Waals surface area (Å²) in [4.78, 5) is 31.3. The molecule has 0 aromatic heterocycles. The van der Waals surface area contributed by atoms with Crippen molar-refractivity contribution < 1.29 is 14.7 Å². The van der Waals surface area contributed by atoms with E-state index in [0.29, 0.717) is 28.8 Å². The maximum atomic E-state index is 12.8. The van der Waals surface area contributed by atoms with E-state index in [2.05, 4.69) is 10.3 Å². The number of rotatable bonds is 7. The third-order valence-corrected chi connectivity index (χ3v) is 5.47. The molecule has 1 fully saturated rings. The molecule has 2 N–H and O–H groups in total. The van der Waals surface area contributed by atoms with Crippen LogP contribution >= 0.6 is 23.4 Å². The number of thioether (sulfide) groups is 1. The second-order valence-electron chi connectivity index (χ2n) is 6.16. The summed E-state index contributed by atoms with van der Waals surface area (Å²) >= 11 is 7.12. The van der Waals surface area contributed by atoms with Crippen LogP contribution in [0.15, 0.2) is 59.6 Å². The molecule has 8 heteroatoms. The minimum absolute atomic E-state index is 0.0191. The highest BCUT2D eigenvalue weighted by Crippen LogP contribution is 2.32. The maximum Gasteiger partial charge on any atom is 0.242 e. The number of carbonyl (C=O) groups excluding carboxylic acids is 2. The van der Waals surface area contributed by atoms with Gasteiger partial charge in [-0.2, -0.15) is 0 Å². The second-order valence-corrected chi connectivity index (χ2v) is 7.77. The van der Waals surface area contributed by atoms with Crippen LogP contribution in [-0.4, -0.2) is 45.4 Å². The van der Waals surface area contributed by atoms with E-state index in [1.54, 1.807) is 29.2 Å². The van der Waals surface area contributed by atoms with Gasteiger partial charge in [0, 0.05) is 30.3 Å². The fourth-order valence-corrected chi connectivity index (χ4v) is 4.00. The Hall–Kier alpha value is -2.35. The smallest absolute Gasteiger partial charge is 0.242 e. The fourth-order valence-electron chi connectivity index (χ4n) is 2.69. The molecular weight excluding hydrogens is 398 g/mol. The molecule has 1 heterocycles. The van der Waals surface area contributed by atoms with Crippen LogP contribution in [0, 0.1) is 0 Å². The summed E-state index contributed by atoms with van der Waals surface area (Å²) in [6.07, 6.45) is 0.485. The average Bonchev–Trinajstić information content (AvgIpc) is 2.97. The predicted molar refractivity (Wildman–Crippen MR) is 113 cm³/mol. The van der Waals surface area contributed by atoms with Crippen molar-refractivity contribution in [3.63, 3.8) is 0 Å². The number of aliphatic hydroxyl groups excluding tert-OH is 1. The van der Waals surface area contributed by atoms with Gasteiger partial charge in [0.15, 0.2) is 5.17 Å². The molecule has 1 aliphatic heterocycles. The van der Waals surface area contributed by atoms with Gasteiger partial charge in [0.05, 0.1) is 5.69 Å². The van der Waals surface area contributed by atoms with Gasteiger partial charge in [0.2, 0.25) is 11.8 Å². The van der Waals surface area contributed by atoms with Gasteiger partial charge in [-0.15, -0.1) is 0 Å². The first-order valence-corrected chi connectivity index (χ1v) is 10.1. The lowest BCUT2D eigenvalue weighted by atomic mass is 10.2. The number of benzene rings is 2. The Kier molecular flexibility index (Phi) is 7.08. The Morgan fingerprint density at radius 1 is 1.18 bits per heavy atom. The molecule has 2 amide bonds. The van der Waals surface area contributed by atoms with Crippen LogP contribution in [-0.2, 0) is 9.59 Å². The molecule has 3 rings (SSSR count). The Balaban J connectivity index is 1.70. The zero-order valence-corrected chi connectivity index (χ0v) is 16.6. The third kappa shape index (κ3) is 5.34. The van der Waals surface area contributed by atoms with Crippen molar-refractivity contribution in [3.05, 3.63) is 59.6 Å². The first-order chi connectivity index (χ1) is 13.6. The fraction of sp³-hybridized carbons (Fsp3) is 0.250. The number of aliphatic imine (C=N–C) groups is 1. The van der Waals surface area contributed by atoms with Crippen LogP contribution in [0.2, 0.25) is 5.02 Å². The standard InChI is InChI=1S/C20H20ClN3O3S/c21-14-7-9-16(10-8-14)22-18(26)13-17-19(27)24(11-4-12-25)20(28-17)23-15-5-2-1-3-6-15/h1-3,5-10,17,25H,4,11-13H2,(H,22,26)/t17-/m0/s1. The van der Waals surface area contributed by atoms with Gasteiger partial charge < -0.3 is 10.4 Å². The van der Waals surface area contributed by atoms with Crippen molar-refractivity contribution in [1.82, 2.24) is 4.90 Å². The largest absolute Gasteiger partial charge is 0.396 e. The molecule has 146 valence electrons. The number of hydrogen-bond donors (Lipinski definition) is 2. The molecule has 28 heavy (non-hydrogen) atoms. The van der Waals surface area contributed by atoms with Crippen LogP contribution in [0.4, 0.5) is 11.4 Å². The predicted octanol–water partition coefficient (Wildman–Crippen LogP) is 3.68. The van der Waals surface area contributed by atoms with E-state index < -0.39 is 5.25 Å².